The van der Waals surface area contributed by atoms with E-state index in [0.717, 1.165) is 34.8 Å². The van der Waals surface area contributed by atoms with Gasteiger partial charge in [-0.3, -0.25) is 4.79 Å². The van der Waals surface area contributed by atoms with Crippen LogP contribution in [-0.2, 0) is 16.6 Å². The van der Waals surface area contributed by atoms with E-state index in [4.69, 9.17) is 4.74 Å². The molecule has 4 rings (SSSR count). The Kier molecular flexibility index (Phi) is 4.72. The number of thiazole rings is 1. The van der Waals surface area contributed by atoms with Crippen LogP contribution < -0.4 is 15.4 Å². The van der Waals surface area contributed by atoms with Gasteiger partial charge < -0.3 is 15.4 Å². The number of benzene rings is 1. The first-order valence-electron chi connectivity index (χ1n) is 8.99. The molecule has 1 unspecified atom stereocenters. The third-order valence-electron chi connectivity index (χ3n) is 4.95. The van der Waals surface area contributed by atoms with E-state index in [1.807, 2.05) is 43.5 Å². The zero-order chi connectivity index (χ0) is 19.7. The molecule has 1 amide bonds. The molecule has 2 N–H and O–H groups in total. The van der Waals surface area contributed by atoms with Crippen molar-refractivity contribution >= 4 is 34.0 Å². The molecule has 8 heteroatoms. The lowest BCUT2D eigenvalue weighted by molar-refractivity contribution is -0.121. The van der Waals surface area contributed by atoms with Crippen LogP contribution in [0.25, 0.3) is 0 Å². The summed E-state index contributed by atoms with van der Waals surface area (Å²) in [4.78, 5) is 26.4. The van der Waals surface area contributed by atoms with Gasteiger partial charge in [0, 0.05) is 23.3 Å². The molecule has 1 aliphatic carbocycles. The Morgan fingerprint density at radius 3 is 2.93 bits per heavy atom. The fraction of sp³-hybridized carbons (Fsp3) is 0.300. The van der Waals surface area contributed by atoms with E-state index in [-0.39, 0.29) is 5.91 Å². The second-order valence-corrected chi connectivity index (χ2v) is 7.86. The summed E-state index contributed by atoms with van der Waals surface area (Å²) in [6, 6.07) is 7.54. The molecule has 0 saturated carbocycles. The number of nitrogens with zero attached hydrogens (tertiary/aromatic N) is 3. The van der Waals surface area contributed by atoms with Crippen molar-refractivity contribution in [3.63, 3.8) is 0 Å². The van der Waals surface area contributed by atoms with Crippen LogP contribution in [0.3, 0.4) is 0 Å². The first-order valence-corrected chi connectivity index (χ1v) is 9.87. The average Bonchev–Trinajstić information content (AvgIpc) is 3.26. The summed E-state index contributed by atoms with van der Waals surface area (Å²) in [6.07, 6.45) is 3.27. The number of rotatable bonds is 5. The number of hydrogen-bond donors (Lipinski definition) is 2. The molecule has 0 spiro atoms. The summed E-state index contributed by atoms with van der Waals surface area (Å²) >= 11 is 1.43. The molecule has 28 heavy (non-hydrogen) atoms. The molecular formula is C20H21N5O2S. The minimum atomic E-state index is -0.720. The van der Waals surface area contributed by atoms with E-state index >= 15 is 0 Å². The van der Waals surface area contributed by atoms with Crippen LogP contribution in [-0.4, -0.2) is 28.0 Å². The van der Waals surface area contributed by atoms with Crippen LogP contribution >= 0.6 is 11.3 Å². The molecule has 2 aromatic heterocycles. The first kappa shape index (κ1) is 18.4. The van der Waals surface area contributed by atoms with Gasteiger partial charge in [-0.05, 0) is 44.4 Å². The summed E-state index contributed by atoms with van der Waals surface area (Å²) in [5.41, 5.74) is 2.76. The molecule has 0 bridgehead atoms. The Morgan fingerprint density at radius 2 is 2.18 bits per heavy atom. The Balaban J connectivity index is 1.59. The number of carbonyl (C=O) groups excluding carboxylic acids is 1. The zero-order valence-electron chi connectivity index (χ0n) is 15.9. The van der Waals surface area contributed by atoms with Gasteiger partial charge in [-0.1, -0.05) is 6.07 Å². The molecule has 0 saturated heterocycles. The largest absolute Gasteiger partial charge is 0.497 e. The van der Waals surface area contributed by atoms with Crippen LogP contribution in [0.2, 0.25) is 0 Å². The maximum atomic E-state index is 13.0. The van der Waals surface area contributed by atoms with E-state index in [2.05, 4.69) is 25.6 Å². The highest BCUT2D eigenvalue weighted by Gasteiger charge is 2.43. The minimum absolute atomic E-state index is 0.0911. The average molecular weight is 395 g/mol. The van der Waals surface area contributed by atoms with Gasteiger partial charge in [-0.2, -0.15) is 0 Å². The minimum Gasteiger partial charge on any atom is -0.497 e. The third kappa shape index (κ3) is 3.43. The van der Waals surface area contributed by atoms with Gasteiger partial charge in [0.2, 0.25) is 11.9 Å². The summed E-state index contributed by atoms with van der Waals surface area (Å²) < 4.78 is 5.25. The number of ether oxygens (including phenoxy) is 1. The van der Waals surface area contributed by atoms with Crippen LogP contribution in [0.4, 0.5) is 16.8 Å². The Labute approximate surface area is 167 Å². The van der Waals surface area contributed by atoms with Crippen molar-refractivity contribution < 1.29 is 9.53 Å². The van der Waals surface area contributed by atoms with Gasteiger partial charge in [-0.15, -0.1) is 11.3 Å². The fourth-order valence-electron chi connectivity index (χ4n) is 3.33. The van der Waals surface area contributed by atoms with Crippen molar-refractivity contribution in [3.05, 3.63) is 52.8 Å². The Bertz CT molecular complexity index is 1030. The Hall–Kier alpha value is -3.00. The summed E-state index contributed by atoms with van der Waals surface area (Å²) in [6.45, 7) is 3.83. The fourth-order valence-corrected chi connectivity index (χ4v) is 4.01. The van der Waals surface area contributed by atoms with Gasteiger partial charge in [0.1, 0.15) is 5.75 Å². The third-order valence-corrected chi connectivity index (χ3v) is 5.82. The van der Waals surface area contributed by atoms with Crippen LogP contribution in [0, 0.1) is 6.92 Å². The topological polar surface area (TPSA) is 89.0 Å². The molecule has 3 aromatic rings. The number of amides is 1. The second kappa shape index (κ2) is 7.20. The Morgan fingerprint density at radius 1 is 1.32 bits per heavy atom. The van der Waals surface area contributed by atoms with Crippen molar-refractivity contribution in [3.8, 4) is 5.75 Å². The molecular weight excluding hydrogens is 374 g/mol. The summed E-state index contributed by atoms with van der Waals surface area (Å²) in [7, 11) is 1.62. The SMILES string of the molecule is COc1cccc(Nc2ncc3c(n2)C(C)(C(=O)Nc2nc(C)cs2)CC3)c1. The number of carbonyl (C=O) groups is 1. The number of nitrogens with one attached hydrogen (secondary N) is 2. The van der Waals surface area contributed by atoms with Gasteiger partial charge in [-0.25, -0.2) is 15.0 Å². The number of anilines is 3. The zero-order valence-corrected chi connectivity index (χ0v) is 16.8. The quantitative estimate of drug-likeness (QED) is 0.682. The van der Waals surface area contributed by atoms with E-state index in [1.54, 1.807) is 13.3 Å². The molecule has 144 valence electrons. The predicted molar refractivity (Wildman–Crippen MR) is 109 cm³/mol. The highest BCUT2D eigenvalue weighted by molar-refractivity contribution is 7.13. The number of hydrogen-bond acceptors (Lipinski definition) is 7. The molecule has 0 aliphatic heterocycles. The molecule has 7 nitrogen and oxygen atoms in total. The molecule has 1 atom stereocenters. The molecule has 2 heterocycles. The first-order chi connectivity index (χ1) is 13.5. The molecule has 1 aromatic carbocycles. The smallest absolute Gasteiger partial charge is 0.238 e. The normalized spacial score (nSPS) is 17.8. The van der Waals surface area contributed by atoms with Crippen molar-refractivity contribution in [2.24, 2.45) is 0 Å². The van der Waals surface area contributed by atoms with E-state index in [0.29, 0.717) is 17.5 Å². The van der Waals surface area contributed by atoms with Gasteiger partial charge in [0.05, 0.1) is 23.9 Å². The van der Waals surface area contributed by atoms with Crippen LogP contribution in [0.5, 0.6) is 5.75 Å². The monoisotopic (exact) mass is 395 g/mol. The highest BCUT2D eigenvalue weighted by atomic mass is 32.1. The second-order valence-electron chi connectivity index (χ2n) is 7.00. The van der Waals surface area contributed by atoms with Crippen LogP contribution in [0.1, 0.15) is 30.3 Å². The van der Waals surface area contributed by atoms with E-state index < -0.39 is 5.41 Å². The standard InChI is InChI=1S/C20H21N5O2S/c1-12-11-28-19(22-12)25-17(26)20(2)8-7-13-10-21-18(24-16(13)20)23-14-5-4-6-15(9-14)27-3/h4-6,9-11H,7-8H2,1-3H3,(H,21,23,24)(H,22,25,26). The van der Waals surface area contributed by atoms with E-state index in [9.17, 15) is 4.79 Å². The maximum Gasteiger partial charge on any atom is 0.238 e. The predicted octanol–water partition coefficient (Wildman–Crippen LogP) is 3.84. The van der Waals surface area contributed by atoms with Crippen molar-refractivity contribution in [2.75, 3.05) is 17.7 Å². The van der Waals surface area contributed by atoms with Crippen LogP contribution in [0.15, 0.2) is 35.8 Å². The number of methoxy groups -OCH3 is 1. The molecule has 0 radical (unpaired) electrons. The van der Waals surface area contributed by atoms with Crippen molar-refractivity contribution in [1.82, 2.24) is 15.0 Å². The maximum absolute atomic E-state index is 13.0. The summed E-state index contributed by atoms with van der Waals surface area (Å²) in [5.74, 6) is 1.11. The van der Waals surface area contributed by atoms with Crippen molar-refractivity contribution in [1.29, 1.82) is 0 Å². The lowest BCUT2D eigenvalue weighted by Crippen LogP contribution is -2.36. The number of aryl methyl sites for hydroxylation is 2. The lowest BCUT2D eigenvalue weighted by atomic mass is 9.86. The van der Waals surface area contributed by atoms with Gasteiger partial charge >= 0.3 is 0 Å². The molecule has 0 fully saturated rings. The number of fused-ring (bicyclic) bond motifs is 1. The highest BCUT2D eigenvalue weighted by Crippen LogP contribution is 2.39. The summed E-state index contributed by atoms with van der Waals surface area (Å²) in [5, 5.41) is 8.66. The van der Waals surface area contributed by atoms with Gasteiger partial charge in [0.15, 0.2) is 5.13 Å². The lowest BCUT2D eigenvalue weighted by Gasteiger charge is -2.22. The molecule has 1 aliphatic rings. The van der Waals surface area contributed by atoms with Crippen molar-refractivity contribution in [2.45, 2.75) is 32.1 Å². The van der Waals surface area contributed by atoms with Gasteiger partial charge in [0.25, 0.3) is 0 Å². The van der Waals surface area contributed by atoms with E-state index in [1.165, 1.54) is 11.3 Å². The number of aromatic nitrogens is 3.